The first-order chi connectivity index (χ1) is 15.6. The number of oxazole rings is 1. The molecule has 3 aromatic rings. The van der Waals surface area contributed by atoms with Crippen molar-refractivity contribution in [2.45, 2.75) is 32.3 Å². The van der Waals surface area contributed by atoms with Gasteiger partial charge in [0.2, 0.25) is 5.91 Å². The van der Waals surface area contributed by atoms with Crippen molar-refractivity contribution >= 4 is 29.2 Å². The van der Waals surface area contributed by atoms with E-state index in [0.717, 1.165) is 6.07 Å². The molecule has 8 nitrogen and oxygen atoms in total. The Bertz CT molecular complexity index is 1200. The Morgan fingerprint density at radius 3 is 2.82 bits per heavy atom. The smallest absolute Gasteiger partial charge is 0.448 e. The molecule has 0 spiro atoms. The number of pyridine rings is 1. The van der Waals surface area contributed by atoms with E-state index in [1.165, 1.54) is 35.8 Å². The van der Waals surface area contributed by atoms with Crippen LogP contribution in [0.15, 0.2) is 47.5 Å². The minimum atomic E-state index is -4.87. The molecule has 3 heterocycles. The van der Waals surface area contributed by atoms with E-state index in [2.05, 4.69) is 20.0 Å². The molecule has 1 aromatic carbocycles. The topological polar surface area (TPSA) is 97.6 Å². The quantitative estimate of drug-likeness (QED) is 0.557. The molecule has 0 saturated heterocycles. The molecule has 2 amide bonds. The molecule has 33 heavy (non-hydrogen) atoms. The second kappa shape index (κ2) is 8.74. The summed E-state index contributed by atoms with van der Waals surface area (Å²) < 4.78 is 46.4. The summed E-state index contributed by atoms with van der Waals surface area (Å²) in [5.74, 6) is -0.610. The van der Waals surface area contributed by atoms with Crippen LogP contribution in [0.3, 0.4) is 0 Å². The van der Waals surface area contributed by atoms with Gasteiger partial charge in [-0.05, 0) is 30.7 Å². The monoisotopic (exact) mass is 480 g/mol. The Labute approximate surface area is 190 Å². The van der Waals surface area contributed by atoms with Gasteiger partial charge in [-0.2, -0.15) is 0 Å². The van der Waals surface area contributed by atoms with Crippen molar-refractivity contribution in [2.24, 2.45) is 0 Å². The van der Waals surface area contributed by atoms with E-state index in [4.69, 9.17) is 16.0 Å². The number of carbonyl (C=O) groups is 2. The van der Waals surface area contributed by atoms with E-state index < -0.39 is 24.1 Å². The summed E-state index contributed by atoms with van der Waals surface area (Å²) in [4.78, 5) is 34.8. The zero-order chi connectivity index (χ0) is 23.8. The van der Waals surface area contributed by atoms with Gasteiger partial charge in [0.05, 0.1) is 30.2 Å². The molecular weight excluding hydrogens is 465 g/mol. The van der Waals surface area contributed by atoms with Crippen LogP contribution in [0.25, 0.3) is 0 Å². The van der Waals surface area contributed by atoms with Crippen LogP contribution in [-0.2, 0) is 17.8 Å². The summed E-state index contributed by atoms with van der Waals surface area (Å²) in [6.07, 6.45) is -0.872. The van der Waals surface area contributed by atoms with Crippen LogP contribution in [0, 0.1) is 0 Å². The molecule has 0 radical (unpaired) electrons. The second-order valence-electron chi connectivity index (χ2n) is 7.23. The number of anilines is 1. The maximum absolute atomic E-state index is 13.0. The van der Waals surface area contributed by atoms with Gasteiger partial charge in [0.1, 0.15) is 17.3 Å². The van der Waals surface area contributed by atoms with Crippen LogP contribution in [0.4, 0.5) is 19.0 Å². The number of aromatic nitrogens is 2. The summed E-state index contributed by atoms with van der Waals surface area (Å²) in [5.41, 5.74) is 1.41. The molecule has 1 N–H and O–H groups in total. The average molecular weight is 481 g/mol. The highest BCUT2D eigenvalue weighted by Crippen LogP contribution is 2.37. The van der Waals surface area contributed by atoms with Gasteiger partial charge in [-0.1, -0.05) is 17.7 Å². The number of rotatable bonds is 6. The van der Waals surface area contributed by atoms with Gasteiger partial charge in [-0.3, -0.25) is 9.59 Å². The van der Waals surface area contributed by atoms with Gasteiger partial charge in [-0.25, -0.2) is 9.97 Å². The minimum absolute atomic E-state index is 0.0513. The van der Waals surface area contributed by atoms with Gasteiger partial charge in [0.25, 0.3) is 5.91 Å². The minimum Gasteiger partial charge on any atom is -0.448 e. The van der Waals surface area contributed by atoms with Crippen molar-refractivity contribution in [3.05, 3.63) is 70.5 Å². The third-order valence-electron chi connectivity index (χ3n) is 5.08. The zero-order valence-corrected chi connectivity index (χ0v) is 17.8. The number of nitrogens with one attached hydrogen (secondary N) is 1. The molecule has 1 unspecified atom stereocenters. The van der Waals surface area contributed by atoms with E-state index in [-0.39, 0.29) is 29.7 Å². The summed E-state index contributed by atoms with van der Waals surface area (Å²) in [6, 6.07) is 4.85. The fourth-order valence-electron chi connectivity index (χ4n) is 3.50. The van der Waals surface area contributed by atoms with Crippen LogP contribution >= 0.6 is 11.6 Å². The lowest BCUT2D eigenvalue weighted by molar-refractivity contribution is -0.274. The Balaban J connectivity index is 1.52. The highest BCUT2D eigenvalue weighted by atomic mass is 35.5. The molecule has 0 fully saturated rings. The number of hydrogen-bond donors (Lipinski definition) is 1. The number of amides is 2. The summed E-state index contributed by atoms with van der Waals surface area (Å²) in [7, 11) is 0. The van der Waals surface area contributed by atoms with Gasteiger partial charge >= 0.3 is 6.36 Å². The van der Waals surface area contributed by atoms with Crippen LogP contribution in [0.2, 0.25) is 5.02 Å². The number of ether oxygens (including phenoxy) is 1. The summed E-state index contributed by atoms with van der Waals surface area (Å²) in [6.45, 7) is 1.86. The molecule has 0 bridgehead atoms. The van der Waals surface area contributed by atoms with Crippen molar-refractivity contribution < 1.29 is 31.9 Å². The Kier molecular flexibility index (Phi) is 5.98. The maximum Gasteiger partial charge on any atom is 0.573 e. The molecule has 4 rings (SSSR count). The first kappa shape index (κ1) is 22.6. The summed E-state index contributed by atoms with van der Waals surface area (Å²) >= 11 is 5.95. The lowest BCUT2D eigenvalue weighted by Crippen LogP contribution is -2.27. The molecule has 172 valence electrons. The predicted octanol–water partition coefficient (Wildman–Crippen LogP) is 4.52. The first-order valence-electron chi connectivity index (χ1n) is 9.63. The molecular formula is C21H16ClF3N4O4. The number of fused-ring (bicyclic) bond motifs is 1. The number of benzene rings is 1. The lowest BCUT2D eigenvalue weighted by atomic mass is 10.1. The zero-order valence-electron chi connectivity index (χ0n) is 17.0. The van der Waals surface area contributed by atoms with Crippen LogP contribution in [0.1, 0.15) is 40.2 Å². The van der Waals surface area contributed by atoms with E-state index in [1.807, 2.05) is 0 Å². The molecule has 0 aliphatic carbocycles. The highest BCUT2D eigenvalue weighted by molar-refractivity contribution is 6.32. The van der Waals surface area contributed by atoms with Crippen molar-refractivity contribution in [2.75, 3.05) is 5.32 Å². The van der Waals surface area contributed by atoms with Gasteiger partial charge < -0.3 is 19.4 Å². The predicted molar refractivity (Wildman–Crippen MR) is 109 cm³/mol. The number of halogens is 4. The fourth-order valence-corrected chi connectivity index (χ4v) is 3.73. The van der Waals surface area contributed by atoms with Crippen molar-refractivity contribution in [3.8, 4) is 5.75 Å². The standard InChI is InChI=1S/C21H16ClF3N4O4/c1-11(12-2-3-17(16(22)6-12)33-21(23,24)25)29-9-15-14(20(29)31)4-5-27-19(15)28-18(30)7-13-8-26-10-32-13/h2-6,8,10-11H,7,9H2,1H3,(H,27,28,30). The SMILES string of the molecule is CC(c1ccc(OC(F)(F)F)c(Cl)c1)N1Cc2c(ccnc2NC(=O)Cc2cnco2)C1=O. The highest BCUT2D eigenvalue weighted by Gasteiger charge is 2.35. The normalized spacial score (nSPS) is 14.2. The molecule has 0 saturated carbocycles. The molecule has 1 aliphatic heterocycles. The third-order valence-corrected chi connectivity index (χ3v) is 5.38. The molecule has 12 heteroatoms. The van der Waals surface area contributed by atoms with Crippen molar-refractivity contribution in [1.82, 2.24) is 14.9 Å². The van der Waals surface area contributed by atoms with E-state index in [9.17, 15) is 22.8 Å². The van der Waals surface area contributed by atoms with Crippen LogP contribution in [-0.4, -0.2) is 33.0 Å². The molecule has 2 aromatic heterocycles. The lowest BCUT2D eigenvalue weighted by Gasteiger charge is -2.25. The van der Waals surface area contributed by atoms with E-state index in [1.54, 1.807) is 13.0 Å². The molecule has 1 atom stereocenters. The average Bonchev–Trinajstić information content (AvgIpc) is 3.36. The largest absolute Gasteiger partial charge is 0.573 e. The fraction of sp³-hybridized carbons (Fsp3) is 0.238. The number of nitrogens with zero attached hydrogens (tertiary/aromatic N) is 3. The van der Waals surface area contributed by atoms with Crippen molar-refractivity contribution in [3.63, 3.8) is 0 Å². The van der Waals surface area contributed by atoms with Crippen LogP contribution in [0.5, 0.6) is 5.75 Å². The Morgan fingerprint density at radius 1 is 1.36 bits per heavy atom. The van der Waals surface area contributed by atoms with Crippen molar-refractivity contribution in [1.29, 1.82) is 0 Å². The Morgan fingerprint density at radius 2 is 2.15 bits per heavy atom. The second-order valence-corrected chi connectivity index (χ2v) is 7.63. The molecule has 1 aliphatic rings. The number of alkyl halides is 3. The third kappa shape index (κ3) is 4.92. The number of hydrogen-bond acceptors (Lipinski definition) is 6. The number of carbonyl (C=O) groups excluding carboxylic acids is 2. The van der Waals surface area contributed by atoms with Gasteiger partial charge in [-0.15, -0.1) is 13.2 Å². The Hall–Kier alpha value is -3.60. The maximum atomic E-state index is 13.0. The van der Waals surface area contributed by atoms with E-state index >= 15 is 0 Å². The van der Waals surface area contributed by atoms with Crippen LogP contribution < -0.4 is 10.1 Å². The van der Waals surface area contributed by atoms with E-state index in [0.29, 0.717) is 22.5 Å². The van der Waals surface area contributed by atoms with Gasteiger partial charge in [0, 0.05) is 17.3 Å². The first-order valence-corrected chi connectivity index (χ1v) is 10.0. The van der Waals surface area contributed by atoms with Gasteiger partial charge in [0.15, 0.2) is 6.39 Å². The summed E-state index contributed by atoms with van der Waals surface area (Å²) in [5, 5.41) is 2.44.